The molecular formula is C39H19N5S. The summed E-state index contributed by atoms with van der Waals surface area (Å²) in [4.78, 5) is 0. The quantitative estimate of drug-likeness (QED) is 0.201. The Bertz CT molecular complexity index is 2790. The molecule has 0 aliphatic carbocycles. The lowest BCUT2D eigenvalue weighted by atomic mass is 10.1. The molecule has 6 aromatic carbocycles. The van der Waals surface area contributed by atoms with Gasteiger partial charge in [0.1, 0.15) is 0 Å². The zero-order chi connectivity index (χ0) is 30.2. The summed E-state index contributed by atoms with van der Waals surface area (Å²) in [5, 5.41) is 35.3. The summed E-state index contributed by atoms with van der Waals surface area (Å²) in [6, 6.07) is 45.6. The highest BCUT2D eigenvalue weighted by Crippen LogP contribution is 2.44. The standard InChI is InChI=1S/C39H19N5S/c40-20-23-8-12-34-30(16-23)31-17-24(21-41)9-13-35(31)43(34)26-4-3-5-27(19-26)44-33-7-2-1-6-29(33)38-36(44)14-11-28-32-18-25(22-42)10-15-37(32)45-39(28)38/h1-19H. The molecule has 0 atom stereocenters. The van der Waals surface area contributed by atoms with Gasteiger partial charge >= 0.3 is 0 Å². The zero-order valence-electron chi connectivity index (χ0n) is 23.6. The van der Waals surface area contributed by atoms with Crippen LogP contribution < -0.4 is 0 Å². The Balaban J connectivity index is 1.33. The fourth-order valence-corrected chi connectivity index (χ4v) is 8.09. The Morgan fingerprint density at radius 3 is 1.67 bits per heavy atom. The minimum atomic E-state index is 0.583. The highest BCUT2D eigenvalue weighted by atomic mass is 32.1. The van der Waals surface area contributed by atoms with E-state index < -0.39 is 0 Å². The lowest BCUT2D eigenvalue weighted by molar-refractivity contribution is 1.13. The largest absolute Gasteiger partial charge is 0.309 e. The number of rotatable bonds is 2. The van der Waals surface area contributed by atoms with Crippen molar-refractivity contribution in [1.29, 1.82) is 15.8 Å². The molecule has 0 saturated heterocycles. The Hall–Kier alpha value is -6.39. The first-order chi connectivity index (χ1) is 22.2. The predicted molar refractivity (Wildman–Crippen MR) is 182 cm³/mol. The van der Waals surface area contributed by atoms with Crippen molar-refractivity contribution < 1.29 is 0 Å². The van der Waals surface area contributed by atoms with Crippen molar-refractivity contribution in [3.8, 4) is 29.6 Å². The zero-order valence-corrected chi connectivity index (χ0v) is 24.4. The first kappa shape index (κ1) is 25.1. The number of nitriles is 3. The SMILES string of the molecule is N#Cc1ccc2sc3c(ccc4c3c3ccccc3n4-c3cccc(-n4c5ccc(C#N)cc5c5cc(C#N)ccc54)c3)c2c1. The molecule has 0 unspecified atom stereocenters. The first-order valence-electron chi connectivity index (χ1n) is 14.4. The van der Waals surface area contributed by atoms with Crippen LogP contribution in [0.5, 0.6) is 0 Å². The summed E-state index contributed by atoms with van der Waals surface area (Å²) >= 11 is 1.77. The summed E-state index contributed by atoms with van der Waals surface area (Å²) in [5.74, 6) is 0. The number of aromatic nitrogens is 2. The van der Waals surface area contributed by atoms with Crippen LogP contribution in [0.15, 0.2) is 115 Å². The molecule has 0 fully saturated rings. The number of para-hydroxylation sites is 1. The summed E-state index contributed by atoms with van der Waals surface area (Å²) in [6.45, 7) is 0. The molecule has 6 heteroatoms. The Morgan fingerprint density at radius 2 is 1.00 bits per heavy atom. The molecule has 206 valence electrons. The van der Waals surface area contributed by atoms with Crippen molar-refractivity contribution in [2.24, 2.45) is 0 Å². The number of nitrogens with zero attached hydrogens (tertiary/aromatic N) is 5. The maximum Gasteiger partial charge on any atom is 0.0991 e. The van der Waals surface area contributed by atoms with Gasteiger partial charge in [-0.2, -0.15) is 15.8 Å². The number of thiophene rings is 1. The van der Waals surface area contributed by atoms with E-state index in [1.165, 1.54) is 20.2 Å². The topological polar surface area (TPSA) is 81.2 Å². The number of hydrogen-bond donors (Lipinski definition) is 0. The molecule has 0 aliphatic heterocycles. The summed E-state index contributed by atoms with van der Waals surface area (Å²) < 4.78 is 6.92. The van der Waals surface area contributed by atoms with E-state index in [-0.39, 0.29) is 0 Å². The van der Waals surface area contributed by atoms with Crippen LogP contribution in [0.3, 0.4) is 0 Å². The first-order valence-corrected chi connectivity index (χ1v) is 15.3. The van der Waals surface area contributed by atoms with Gasteiger partial charge in [0.25, 0.3) is 0 Å². The van der Waals surface area contributed by atoms with Crippen LogP contribution in [0.4, 0.5) is 0 Å². The van der Waals surface area contributed by atoms with E-state index in [9.17, 15) is 15.8 Å². The maximum absolute atomic E-state index is 9.62. The predicted octanol–water partition coefficient (Wildman–Crippen LogP) is 9.86. The van der Waals surface area contributed by atoms with E-state index in [4.69, 9.17) is 0 Å². The highest BCUT2D eigenvalue weighted by Gasteiger charge is 2.19. The Kier molecular flexibility index (Phi) is 5.20. The van der Waals surface area contributed by atoms with E-state index in [0.29, 0.717) is 16.7 Å². The minimum Gasteiger partial charge on any atom is -0.309 e. The maximum atomic E-state index is 9.62. The molecule has 0 spiro atoms. The highest BCUT2D eigenvalue weighted by molar-refractivity contribution is 7.26. The minimum absolute atomic E-state index is 0.583. The normalized spacial score (nSPS) is 11.5. The van der Waals surface area contributed by atoms with Gasteiger partial charge in [-0.3, -0.25) is 0 Å². The lowest BCUT2D eigenvalue weighted by Crippen LogP contribution is -1.98. The molecule has 0 radical (unpaired) electrons. The molecule has 0 amide bonds. The molecule has 9 rings (SSSR count). The molecule has 45 heavy (non-hydrogen) atoms. The third-order valence-corrected chi connectivity index (χ3v) is 9.98. The second-order valence-electron chi connectivity index (χ2n) is 11.2. The summed E-state index contributed by atoms with van der Waals surface area (Å²) in [7, 11) is 0. The summed E-state index contributed by atoms with van der Waals surface area (Å²) in [5.41, 5.74) is 8.03. The number of benzene rings is 6. The molecule has 9 aromatic rings. The smallest absolute Gasteiger partial charge is 0.0991 e. The second kappa shape index (κ2) is 9.30. The van der Waals surface area contributed by atoms with Gasteiger partial charge in [-0.1, -0.05) is 30.3 Å². The van der Waals surface area contributed by atoms with Crippen molar-refractivity contribution in [3.05, 3.63) is 132 Å². The van der Waals surface area contributed by atoms with E-state index >= 15 is 0 Å². The van der Waals surface area contributed by atoms with E-state index in [2.05, 4.69) is 94.1 Å². The van der Waals surface area contributed by atoms with Crippen molar-refractivity contribution in [2.75, 3.05) is 0 Å². The lowest BCUT2D eigenvalue weighted by Gasteiger charge is -2.13. The second-order valence-corrected chi connectivity index (χ2v) is 12.2. The molecular weight excluding hydrogens is 571 g/mol. The molecule has 0 saturated carbocycles. The van der Waals surface area contributed by atoms with Crippen LogP contribution in [0.25, 0.3) is 75.2 Å². The van der Waals surface area contributed by atoms with E-state index in [0.717, 1.165) is 55.0 Å². The van der Waals surface area contributed by atoms with Gasteiger partial charge in [-0.25, -0.2) is 0 Å². The van der Waals surface area contributed by atoms with E-state index in [1.54, 1.807) is 11.3 Å². The Morgan fingerprint density at radius 1 is 0.444 bits per heavy atom. The van der Waals surface area contributed by atoms with Gasteiger partial charge in [-0.05, 0) is 84.9 Å². The van der Waals surface area contributed by atoms with Gasteiger partial charge in [0.15, 0.2) is 0 Å². The van der Waals surface area contributed by atoms with Gasteiger partial charge in [0.2, 0.25) is 0 Å². The molecule has 0 N–H and O–H groups in total. The van der Waals surface area contributed by atoms with E-state index in [1.807, 2.05) is 48.5 Å². The van der Waals surface area contributed by atoms with Crippen LogP contribution >= 0.6 is 11.3 Å². The van der Waals surface area contributed by atoms with Crippen LogP contribution in [0, 0.1) is 34.0 Å². The Labute approximate surface area is 260 Å². The van der Waals surface area contributed by atoms with Crippen LogP contribution in [0.2, 0.25) is 0 Å². The monoisotopic (exact) mass is 589 g/mol. The van der Waals surface area contributed by atoms with Crippen molar-refractivity contribution in [1.82, 2.24) is 9.13 Å². The average molecular weight is 590 g/mol. The molecule has 0 aliphatic rings. The van der Waals surface area contributed by atoms with Crippen LogP contribution in [-0.4, -0.2) is 9.13 Å². The molecule has 0 bridgehead atoms. The van der Waals surface area contributed by atoms with Crippen LogP contribution in [-0.2, 0) is 0 Å². The van der Waals surface area contributed by atoms with Crippen molar-refractivity contribution in [3.63, 3.8) is 0 Å². The van der Waals surface area contributed by atoms with Gasteiger partial charge in [0.05, 0.1) is 57.0 Å². The van der Waals surface area contributed by atoms with Crippen LogP contribution in [0.1, 0.15) is 16.7 Å². The van der Waals surface area contributed by atoms with Gasteiger partial charge < -0.3 is 9.13 Å². The number of hydrogen-bond acceptors (Lipinski definition) is 4. The van der Waals surface area contributed by atoms with Crippen molar-refractivity contribution in [2.45, 2.75) is 0 Å². The van der Waals surface area contributed by atoms with Crippen molar-refractivity contribution >= 4 is 75.1 Å². The summed E-state index contributed by atoms with van der Waals surface area (Å²) in [6.07, 6.45) is 0. The molecule has 5 nitrogen and oxygen atoms in total. The third-order valence-electron chi connectivity index (χ3n) is 8.77. The molecule has 3 heterocycles. The molecule has 3 aromatic heterocycles. The van der Waals surface area contributed by atoms with Gasteiger partial charge in [-0.15, -0.1) is 11.3 Å². The fourth-order valence-electron chi connectivity index (χ4n) is 6.85. The average Bonchev–Trinajstić information content (AvgIpc) is 3.74. The fraction of sp³-hybridized carbons (Fsp3) is 0. The van der Waals surface area contributed by atoms with Gasteiger partial charge in [0, 0.05) is 53.1 Å². The number of fused-ring (bicyclic) bond motifs is 10. The third kappa shape index (κ3) is 3.51.